The molecule has 3 rings (SSSR count). The van der Waals surface area contributed by atoms with Crippen molar-refractivity contribution >= 4 is 29.3 Å². The van der Waals surface area contributed by atoms with Gasteiger partial charge in [-0.1, -0.05) is 53.2 Å². The van der Waals surface area contributed by atoms with Gasteiger partial charge in [0.15, 0.2) is 0 Å². The molecule has 1 aromatic heterocycles. The molecule has 3 aromatic rings. The van der Waals surface area contributed by atoms with Crippen molar-refractivity contribution in [2.75, 3.05) is 5.32 Å². The normalized spacial score (nSPS) is 11.0. The second-order valence-corrected chi connectivity index (χ2v) is 6.02. The minimum Gasteiger partial charge on any atom is -0.322 e. The van der Waals surface area contributed by atoms with Gasteiger partial charge < -0.3 is 5.32 Å². The van der Waals surface area contributed by atoms with E-state index in [1.165, 1.54) is 6.08 Å². The molecule has 0 aliphatic carbocycles. The van der Waals surface area contributed by atoms with Gasteiger partial charge >= 0.3 is 0 Å². The van der Waals surface area contributed by atoms with Gasteiger partial charge in [0.2, 0.25) is 5.91 Å². The van der Waals surface area contributed by atoms with E-state index in [0.29, 0.717) is 22.9 Å². The third-order valence-electron chi connectivity index (χ3n) is 3.59. The number of anilines is 1. The summed E-state index contributed by atoms with van der Waals surface area (Å²) in [5, 5.41) is 11.5. The summed E-state index contributed by atoms with van der Waals surface area (Å²) in [6.45, 7) is 2.54. The minimum absolute atomic E-state index is 0.252. The molecule has 0 saturated heterocycles. The predicted octanol–water partition coefficient (Wildman–Crippen LogP) is 3.94. The van der Waals surface area contributed by atoms with Crippen LogP contribution in [0.4, 0.5) is 5.69 Å². The zero-order valence-electron chi connectivity index (χ0n) is 13.7. The quantitative estimate of drug-likeness (QED) is 0.707. The molecule has 0 aliphatic rings. The number of carbonyl (C=O) groups is 1. The van der Waals surface area contributed by atoms with Gasteiger partial charge in [-0.3, -0.25) is 4.79 Å². The van der Waals surface area contributed by atoms with Crippen molar-refractivity contribution in [2.24, 2.45) is 0 Å². The molecule has 0 saturated carbocycles. The summed E-state index contributed by atoms with van der Waals surface area (Å²) in [4.78, 5) is 12.0. The number of aryl methyl sites for hydroxylation is 1. The fourth-order valence-corrected chi connectivity index (χ4v) is 2.43. The lowest BCUT2D eigenvalue weighted by atomic mass is 10.2. The van der Waals surface area contributed by atoms with Crippen LogP contribution in [0.2, 0.25) is 5.02 Å². The Hall–Kier alpha value is -2.92. The first-order chi connectivity index (χ1) is 12.1. The van der Waals surface area contributed by atoms with Gasteiger partial charge in [-0.2, -0.15) is 0 Å². The Morgan fingerprint density at radius 1 is 1.24 bits per heavy atom. The molecule has 0 fully saturated rings. The number of hydrogen-bond acceptors (Lipinski definition) is 3. The number of benzene rings is 2. The fourth-order valence-electron chi connectivity index (χ4n) is 2.25. The summed E-state index contributed by atoms with van der Waals surface area (Å²) in [7, 11) is 0. The Bertz CT molecular complexity index is 903. The first kappa shape index (κ1) is 16.9. The van der Waals surface area contributed by atoms with Crippen LogP contribution in [0.15, 0.2) is 60.8 Å². The molecule has 25 heavy (non-hydrogen) atoms. The van der Waals surface area contributed by atoms with Gasteiger partial charge in [0, 0.05) is 16.8 Å². The number of amides is 1. The number of halogens is 1. The highest BCUT2D eigenvalue weighted by atomic mass is 35.5. The third-order valence-corrected chi connectivity index (χ3v) is 4.00. The van der Waals surface area contributed by atoms with Crippen molar-refractivity contribution in [1.29, 1.82) is 0 Å². The van der Waals surface area contributed by atoms with Gasteiger partial charge in [0.25, 0.3) is 0 Å². The van der Waals surface area contributed by atoms with Gasteiger partial charge in [-0.25, -0.2) is 4.68 Å². The van der Waals surface area contributed by atoms with Crippen molar-refractivity contribution in [3.8, 4) is 0 Å². The molecule has 0 atom stereocenters. The average Bonchev–Trinajstić information content (AvgIpc) is 3.05. The van der Waals surface area contributed by atoms with Crippen LogP contribution in [-0.2, 0) is 11.3 Å². The van der Waals surface area contributed by atoms with Crippen molar-refractivity contribution < 1.29 is 4.79 Å². The number of nitrogens with zero attached hydrogens (tertiary/aromatic N) is 3. The van der Waals surface area contributed by atoms with Gasteiger partial charge in [-0.15, -0.1) is 5.10 Å². The molecule has 6 heteroatoms. The number of nitrogens with one attached hydrogen (secondary N) is 1. The number of carbonyl (C=O) groups excluding carboxylic acids is 1. The average molecular weight is 353 g/mol. The van der Waals surface area contributed by atoms with Gasteiger partial charge in [-0.05, 0) is 36.3 Å². The van der Waals surface area contributed by atoms with Crippen LogP contribution >= 0.6 is 11.6 Å². The van der Waals surface area contributed by atoms with E-state index in [1.807, 2.05) is 49.4 Å². The van der Waals surface area contributed by atoms with E-state index in [-0.39, 0.29) is 5.91 Å². The maximum Gasteiger partial charge on any atom is 0.248 e. The van der Waals surface area contributed by atoms with Gasteiger partial charge in [0.05, 0.1) is 12.7 Å². The molecule has 1 heterocycles. The number of rotatable bonds is 5. The summed E-state index contributed by atoms with van der Waals surface area (Å²) in [5.74, 6) is -0.252. The van der Waals surface area contributed by atoms with Crippen molar-refractivity contribution in [2.45, 2.75) is 13.5 Å². The van der Waals surface area contributed by atoms with Crippen LogP contribution < -0.4 is 5.32 Å². The number of aromatic nitrogens is 3. The summed E-state index contributed by atoms with van der Waals surface area (Å²) < 4.78 is 1.73. The summed E-state index contributed by atoms with van der Waals surface area (Å²) in [6, 6.07) is 15.4. The highest BCUT2D eigenvalue weighted by molar-refractivity contribution is 6.31. The number of hydrogen-bond donors (Lipinski definition) is 1. The largest absolute Gasteiger partial charge is 0.322 e. The molecule has 0 bridgehead atoms. The Labute approximate surface area is 150 Å². The molecular formula is C19H17ClN4O. The second kappa shape index (κ2) is 7.77. The molecule has 0 spiro atoms. The highest BCUT2D eigenvalue weighted by Gasteiger charge is 2.02. The maximum atomic E-state index is 12.0. The molecule has 0 unspecified atom stereocenters. The molecule has 1 amide bonds. The van der Waals surface area contributed by atoms with Crippen LogP contribution in [0.25, 0.3) is 6.08 Å². The molecule has 2 aromatic carbocycles. The summed E-state index contributed by atoms with van der Waals surface area (Å²) in [6.07, 6.45) is 4.84. The Balaban J connectivity index is 1.60. The third kappa shape index (κ3) is 4.78. The van der Waals surface area contributed by atoms with E-state index in [0.717, 1.165) is 11.1 Å². The van der Waals surface area contributed by atoms with Crippen molar-refractivity contribution in [3.05, 3.63) is 82.6 Å². The Morgan fingerprint density at radius 3 is 2.80 bits per heavy atom. The smallest absolute Gasteiger partial charge is 0.248 e. The lowest BCUT2D eigenvalue weighted by Crippen LogP contribution is -2.07. The van der Waals surface area contributed by atoms with Crippen LogP contribution in [-0.4, -0.2) is 20.9 Å². The van der Waals surface area contributed by atoms with Crippen LogP contribution in [0, 0.1) is 6.92 Å². The Morgan fingerprint density at radius 2 is 2.04 bits per heavy atom. The SMILES string of the molecule is Cc1ccc(NC(=O)/C=C/c2cn(Cc3ccccc3)nn2)cc1Cl. The fraction of sp³-hybridized carbons (Fsp3) is 0.105. The molecule has 0 radical (unpaired) electrons. The summed E-state index contributed by atoms with van der Waals surface area (Å²) >= 11 is 6.05. The van der Waals surface area contributed by atoms with E-state index >= 15 is 0 Å². The molecule has 1 N–H and O–H groups in total. The maximum absolute atomic E-state index is 12.0. The predicted molar refractivity (Wildman–Crippen MR) is 99.4 cm³/mol. The molecular weight excluding hydrogens is 336 g/mol. The van der Waals surface area contributed by atoms with E-state index in [9.17, 15) is 4.79 Å². The zero-order valence-corrected chi connectivity index (χ0v) is 14.4. The van der Waals surface area contributed by atoms with Crippen LogP contribution in [0.3, 0.4) is 0 Å². The first-order valence-electron chi connectivity index (χ1n) is 7.79. The van der Waals surface area contributed by atoms with E-state index in [2.05, 4.69) is 15.6 Å². The van der Waals surface area contributed by atoms with Crippen molar-refractivity contribution in [1.82, 2.24) is 15.0 Å². The van der Waals surface area contributed by atoms with E-state index < -0.39 is 0 Å². The van der Waals surface area contributed by atoms with Gasteiger partial charge in [0.1, 0.15) is 5.69 Å². The second-order valence-electron chi connectivity index (χ2n) is 5.61. The highest BCUT2D eigenvalue weighted by Crippen LogP contribution is 2.19. The van der Waals surface area contributed by atoms with Crippen molar-refractivity contribution in [3.63, 3.8) is 0 Å². The standard InChI is InChI=1S/C19H17ClN4O/c1-14-7-8-16(11-18(14)20)21-19(25)10-9-17-13-24(23-22-17)12-15-5-3-2-4-6-15/h2-11,13H,12H2,1H3,(H,21,25)/b10-9+. The molecule has 0 aliphatic heterocycles. The van der Waals surface area contributed by atoms with Crippen LogP contribution in [0.5, 0.6) is 0 Å². The molecule has 126 valence electrons. The summed E-state index contributed by atoms with van der Waals surface area (Å²) in [5.41, 5.74) is 3.37. The monoisotopic (exact) mass is 352 g/mol. The molecule has 5 nitrogen and oxygen atoms in total. The lowest BCUT2D eigenvalue weighted by Gasteiger charge is -2.04. The Kier molecular flexibility index (Phi) is 5.26. The van der Waals surface area contributed by atoms with Crippen LogP contribution in [0.1, 0.15) is 16.8 Å². The minimum atomic E-state index is -0.252. The first-order valence-corrected chi connectivity index (χ1v) is 8.17. The van der Waals surface area contributed by atoms with E-state index in [4.69, 9.17) is 11.6 Å². The van der Waals surface area contributed by atoms with E-state index in [1.54, 1.807) is 23.0 Å². The zero-order chi connectivity index (χ0) is 17.6. The lowest BCUT2D eigenvalue weighted by molar-refractivity contribution is -0.111. The topological polar surface area (TPSA) is 59.8 Å².